The van der Waals surface area contributed by atoms with Crippen LogP contribution >= 0.6 is 0 Å². The van der Waals surface area contributed by atoms with Gasteiger partial charge in [-0.15, -0.1) is 0 Å². The van der Waals surface area contributed by atoms with Crippen LogP contribution in [0.1, 0.15) is 31.2 Å². The number of aromatic nitrogens is 2. The minimum Gasteiger partial charge on any atom is -0.497 e. The number of benzene rings is 1. The van der Waals surface area contributed by atoms with Crippen molar-refractivity contribution >= 4 is 6.21 Å². The van der Waals surface area contributed by atoms with E-state index in [4.69, 9.17) is 9.47 Å². The molecular weight excluding hydrogens is 364 g/mol. The number of methoxy groups -OCH3 is 2. The molecule has 1 aliphatic rings. The van der Waals surface area contributed by atoms with Crippen molar-refractivity contribution in [3.05, 3.63) is 44.6 Å². The molecule has 0 unspecified atom stereocenters. The number of ether oxygens (including phenoxy) is 2. The Labute approximate surface area is 161 Å². The number of aromatic hydroxyl groups is 1. The van der Waals surface area contributed by atoms with Gasteiger partial charge in [0.25, 0.3) is 5.56 Å². The first-order chi connectivity index (χ1) is 13.5. The summed E-state index contributed by atoms with van der Waals surface area (Å²) in [5.74, 6) is 0.285. The maximum atomic E-state index is 12.4. The molecule has 9 nitrogen and oxygen atoms in total. The fourth-order valence-electron chi connectivity index (χ4n) is 3.16. The summed E-state index contributed by atoms with van der Waals surface area (Å²) < 4.78 is 11.4. The van der Waals surface area contributed by atoms with E-state index >= 15 is 0 Å². The summed E-state index contributed by atoms with van der Waals surface area (Å²) in [6.07, 6.45) is 5.65. The summed E-state index contributed by atoms with van der Waals surface area (Å²) >= 11 is 0. The van der Waals surface area contributed by atoms with Crippen LogP contribution in [-0.2, 0) is 0 Å². The summed E-state index contributed by atoms with van der Waals surface area (Å²) in [6.45, 7) is 1.58. The second-order valence-electron chi connectivity index (χ2n) is 6.48. The third-order valence-corrected chi connectivity index (χ3v) is 4.68. The molecule has 28 heavy (non-hydrogen) atoms. The lowest BCUT2D eigenvalue weighted by Crippen LogP contribution is -2.32. The summed E-state index contributed by atoms with van der Waals surface area (Å²) in [7, 11) is 2.93. The molecule has 150 valence electrons. The van der Waals surface area contributed by atoms with Gasteiger partial charge in [-0.05, 0) is 25.0 Å². The van der Waals surface area contributed by atoms with Gasteiger partial charge in [0.2, 0.25) is 5.88 Å². The fraction of sp³-hybridized carbons (Fsp3) is 0.421. The molecule has 1 fully saturated rings. The number of nitrogens with one attached hydrogen (secondary N) is 1. The third kappa shape index (κ3) is 4.03. The van der Waals surface area contributed by atoms with Gasteiger partial charge in [-0.2, -0.15) is 5.10 Å². The molecule has 1 aromatic heterocycles. The van der Waals surface area contributed by atoms with E-state index < -0.39 is 17.1 Å². The predicted octanol–water partition coefficient (Wildman–Crippen LogP) is 1.46. The second-order valence-corrected chi connectivity index (χ2v) is 6.48. The Hall–Kier alpha value is -3.23. The summed E-state index contributed by atoms with van der Waals surface area (Å²) in [5.41, 5.74) is -1.36. The van der Waals surface area contributed by atoms with E-state index in [0.29, 0.717) is 11.5 Å². The van der Waals surface area contributed by atoms with E-state index in [-0.39, 0.29) is 11.3 Å². The molecule has 9 heteroatoms. The SMILES string of the molecule is COc1ccc(OC)c(-n2c(O)c(/C=N/N3CCCCCC3)c(=O)[nH]c2=O)c1. The van der Waals surface area contributed by atoms with Gasteiger partial charge in [0.15, 0.2) is 0 Å². The summed E-state index contributed by atoms with van der Waals surface area (Å²) in [6, 6.07) is 4.81. The van der Waals surface area contributed by atoms with Crippen LogP contribution in [0.3, 0.4) is 0 Å². The molecule has 0 radical (unpaired) electrons. The number of hydrogen-bond acceptors (Lipinski definition) is 7. The van der Waals surface area contributed by atoms with Crippen LogP contribution < -0.4 is 20.7 Å². The number of aromatic amines is 1. The lowest BCUT2D eigenvalue weighted by atomic mass is 10.2. The molecule has 2 aromatic rings. The Morgan fingerprint density at radius 3 is 2.46 bits per heavy atom. The minimum atomic E-state index is -0.791. The molecule has 0 aliphatic carbocycles. The average molecular weight is 388 g/mol. The topological polar surface area (TPSA) is 109 Å². The second kappa shape index (κ2) is 8.64. The van der Waals surface area contributed by atoms with Crippen LogP contribution in [0.4, 0.5) is 0 Å². The zero-order valence-corrected chi connectivity index (χ0v) is 16.0. The summed E-state index contributed by atoms with van der Waals surface area (Å²) in [5, 5.41) is 16.9. The van der Waals surface area contributed by atoms with Gasteiger partial charge in [-0.25, -0.2) is 9.36 Å². The highest BCUT2D eigenvalue weighted by molar-refractivity contribution is 5.82. The lowest BCUT2D eigenvalue weighted by molar-refractivity contribution is 0.302. The van der Waals surface area contributed by atoms with E-state index in [1.54, 1.807) is 12.1 Å². The van der Waals surface area contributed by atoms with Crippen molar-refractivity contribution in [1.29, 1.82) is 0 Å². The number of hydrogen-bond donors (Lipinski definition) is 2. The van der Waals surface area contributed by atoms with Crippen molar-refractivity contribution in [1.82, 2.24) is 14.6 Å². The molecular formula is C19H24N4O5. The Morgan fingerprint density at radius 1 is 1.11 bits per heavy atom. The van der Waals surface area contributed by atoms with Gasteiger partial charge in [-0.3, -0.25) is 14.8 Å². The fourth-order valence-corrected chi connectivity index (χ4v) is 3.16. The third-order valence-electron chi connectivity index (χ3n) is 4.68. The Bertz CT molecular complexity index is 971. The van der Waals surface area contributed by atoms with Gasteiger partial charge in [-0.1, -0.05) is 12.8 Å². The zero-order valence-electron chi connectivity index (χ0n) is 16.0. The molecule has 2 N–H and O–H groups in total. The Kier molecular flexibility index (Phi) is 6.03. The molecule has 3 rings (SSSR count). The van der Waals surface area contributed by atoms with E-state index in [2.05, 4.69) is 10.1 Å². The van der Waals surface area contributed by atoms with Crippen LogP contribution in [0.2, 0.25) is 0 Å². The molecule has 0 saturated carbocycles. The highest BCUT2D eigenvalue weighted by Crippen LogP contribution is 2.29. The van der Waals surface area contributed by atoms with Crippen molar-refractivity contribution in [3.63, 3.8) is 0 Å². The van der Waals surface area contributed by atoms with Crippen molar-refractivity contribution in [2.24, 2.45) is 5.10 Å². The van der Waals surface area contributed by atoms with Gasteiger partial charge in [0.05, 0.1) is 26.1 Å². The Morgan fingerprint density at radius 2 is 1.82 bits per heavy atom. The van der Waals surface area contributed by atoms with E-state index in [0.717, 1.165) is 43.3 Å². The quantitative estimate of drug-likeness (QED) is 0.751. The molecule has 0 bridgehead atoms. The molecule has 1 aromatic carbocycles. The maximum Gasteiger partial charge on any atom is 0.335 e. The largest absolute Gasteiger partial charge is 0.497 e. The Balaban J connectivity index is 2.08. The number of nitrogens with zero attached hydrogens (tertiary/aromatic N) is 3. The monoisotopic (exact) mass is 388 g/mol. The molecule has 0 amide bonds. The molecule has 2 heterocycles. The van der Waals surface area contributed by atoms with Gasteiger partial charge < -0.3 is 14.6 Å². The first-order valence-electron chi connectivity index (χ1n) is 9.14. The molecule has 1 saturated heterocycles. The highest BCUT2D eigenvalue weighted by Gasteiger charge is 2.18. The normalized spacial score (nSPS) is 14.9. The van der Waals surface area contributed by atoms with Gasteiger partial charge in [0.1, 0.15) is 17.1 Å². The van der Waals surface area contributed by atoms with Crippen molar-refractivity contribution in [2.45, 2.75) is 25.7 Å². The van der Waals surface area contributed by atoms with Crippen molar-refractivity contribution < 1.29 is 14.6 Å². The average Bonchev–Trinajstić information content (AvgIpc) is 2.96. The summed E-state index contributed by atoms with van der Waals surface area (Å²) in [4.78, 5) is 26.9. The lowest BCUT2D eigenvalue weighted by Gasteiger charge is -2.16. The standard InChI is InChI=1S/C19H24N4O5/c1-27-13-7-8-16(28-2)15(11-13)23-18(25)14(17(24)21-19(23)26)12-20-22-9-5-3-4-6-10-22/h7-8,11-12,25H,3-6,9-10H2,1-2H3,(H,21,24,26)/b20-12+. The first kappa shape index (κ1) is 19.5. The highest BCUT2D eigenvalue weighted by atomic mass is 16.5. The van der Waals surface area contributed by atoms with E-state index in [1.807, 2.05) is 5.01 Å². The van der Waals surface area contributed by atoms with Crippen LogP contribution in [-0.4, -0.2) is 53.2 Å². The number of H-pyrrole nitrogens is 1. The van der Waals surface area contributed by atoms with E-state index in [1.165, 1.54) is 26.5 Å². The van der Waals surface area contributed by atoms with Gasteiger partial charge in [0, 0.05) is 19.2 Å². The smallest absolute Gasteiger partial charge is 0.335 e. The van der Waals surface area contributed by atoms with Crippen LogP contribution in [0.25, 0.3) is 5.69 Å². The van der Waals surface area contributed by atoms with Crippen LogP contribution in [0, 0.1) is 0 Å². The zero-order chi connectivity index (χ0) is 20.1. The maximum absolute atomic E-state index is 12.4. The molecule has 0 spiro atoms. The van der Waals surface area contributed by atoms with Crippen molar-refractivity contribution in [2.75, 3.05) is 27.3 Å². The van der Waals surface area contributed by atoms with Crippen molar-refractivity contribution in [3.8, 4) is 23.1 Å². The number of hydrazone groups is 1. The van der Waals surface area contributed by atoms with Crippen LogP contribution in [0.5, 0.6) is 17.4 Å². The first-order valence-corrected chi connectivity index (χ1v) is 9.14. The molecule has 1 aliphatic heterocycles. The molecule has 0 atom stereocenters. The van der Waals surface area contributed by atoms with E-state index in [9.17, 15) is 14.7 Å². The minimum absolute atomic E-state index is 0.103. The number of rotatable bonds is 5. The van der Waals surface area contributed by atoms with Gasteiger partial charge >= 0.3 is 5.69 Å². The predicted molar refractivity (Wildman–Crippen MR) is 105 cm³/mol. The van der Waals surface area contributed by atoms with Crippen LogP contribution in [0.15, 0.2) is 32.9 Å².